The highest BCUT2D eigenvalue weighted by Gasteiger charge is 2.10. The molecule has 0 unspecified atom stereocenters. The number of thiazole rings is 1. The van der Waals surface area contributed by atoms with E-state index in [1.165, 1.54) is 0 Å². The normalized spacial score (nSPS) is 11.9. The van der Waals surface area contributed by atoms with E-state index in [2.05, 4.69) is 41.4 Å². The van der Waals surface area contributed by atoms with E-state index in [1.54, 1.807) is 17.5 Å². The van der Waals surface area contributed by atoms with Crippen molar-refractivity contribution in [3.05, 3.63) is 34.8 Å². The fraction of sp³-hybridized carbons (Fsp3) is 0.500. The molecule has 2 aromatic rings. The molecule has 0 aromatic carbocycles. The molecular weight excluding hydrogens is 232 g/mol. The summed E-state index contributed by atoms with van der Waals surface area (Å²) in [6.45, 7) is 8.11. The van der Waals surface area contributed by atoms with Crippen LogP contribution in [0.2, 0.25) is 0 Å². The molecule has 2 rings (SSSR count). The van der Waals surface area contributed by atoms with Gasteiger partial charge in [0.05, 0.1) is 18.6 Å². The van der Waals surface area contributed by atoms with Crippen LogP contribution in [0.3, 0.4) is 0 Å². The molecule has 0 amide bonds. The van der Waals surface area contributed by atoms with Gasteiger partial charge in [-0.3, -0.25) is 0 Å². The largest absolute Gasteiger partial charge is 0.331 e. The van der Waals surface area contributed by atoms with Crippen molar-refractivity contribution in [2.24, 2.45) is 0 Å². The van der Waals surface area contributed by atoms with Crippen LogP contribution in [0.1, 0.15) is 31.5 Å². The number of nitrogens with zero attached hydrogens (tertiary/aromatic N) is 3. The highest BCUT2D eigenvalue weighted by molar-refractivity contribution is 7.09. The molecule has 0 spiro atoms. The predicted molar refractivity (Wildman–Crippen MR) is 70.0 cm³/mol. The van der Waals surface area contributed by atoms with Gasteiger partial charge in [0.2, 0.25) is 0 Å². The average molecular weight is 250 g/mol. The van der Waals surface area contributed by atoms with E-state index in [9.17, 15) is 0 Å². The van der Waals surface area contributed by atoms with Crippen LogP contribution >= 0.6 is 11.3 Å². The van der Waals surface area contributed by atoms with Crippen molar-refractivity contribution in [2.45, 2.75) is 39.4 Å². The summed E-state index contributed by atoms with van der Waals surface area (Å²) >= 11 is 1.70. The molecule has 17 heavy (non-hydrogen) atoms. The lowest BCUT2D eigenvalue weighted by molar-refractivity contribution is 0.423. The molecule has 5 heteroatoms. The lowest BCUT2D eigenvalue weighted by Gasteiger charge is -2.19. The van der Waals surface area contributed by atoms with Gasteiger partial charge >= 0.3 is 0 Å². The van der Waals surface area contributed by atoms with Crippen molar-refractivity contribution in [1.29, 1.82) is 0 Å². The molecule has 0 aliphatic heterocycles. The van der Waals surface area contributed by atoms with Crippen molar-refractivity contribution in [2.75, 3.05) is 0 Å². The molecule has 1 N–H and O–H groups in total. The van der Waals surface area contributed by atoms with Crippen molar-refractivity contribution in [3.8, 4) is 0 Å². The standard InChI is InChI=1S/C12H18N4S/c1-12(2,3)14-6-11-15-10(8-17-11)7-16-5-4-13-9-16/h4-5,8-9,14H,6-7H2,1-3H3. The fourth-order valence-corrected chi connectivity index (χ4v) is 2.14. The molecule has 0 bridgehead atoms. The van der Waals surface area contributed by atoms with Crippen LogP contribution in [0.4, 0.5) is 0 Å². The fourth-order valence-electron chi connectivity index (χ4n) is 1.41. The quantitative estimate of drug-likeness (QED) is 0.905. The highest BCUT2D eigenvalue weighted by atomic mass is 32.1. The molecule has 0 aliphatic rings. The second-order valence-electron chi connectivity index (χ2n) is 5.07. The Morgan fingerprint density at radius 2 is 2.24 bits per heavy atom. The molecule has 2 heterocycles. The summed E-state index contributed by atoms with van der Waals surface area (Å²) in [6, 6.07) is 0. The lowest BCUT2D eigenvalue weighted by atomic mass is 10.1. The Bertz CT molecular complexity index is 453. The second-order valence-corrected chi connectivity index (χ2v) is 6.01. The first kappa shape index (κ1) is 12.3. The molecule has 92 valence electrons. The topological polar surface area (TPSA) is 42.7 Å². The number of nitrogens with one attached hydrogen (secondary N) is 1. The number of hydrogen-bond donors (Lipinski definition) is 1. The van der Waals surface area contributed by atoms with E-state index in [0.29, 0.717) is 0 Å². The van der Waals surface area contributed by atoms with Gasteiger partial charge in [-0.25, -0.2) is 9.97 Å². The van der Waals surface area contributed by atoms with Gasteiger partial charge in [0.25, 0.3) is 0 Å². The first-order valence-corrected chi connectivity index (χ1v) is 6.55. The molecular formula is C12H18N4S. The van der Waals surface area contributed by atoms with Crippen LogP contribution < -0.4 is 5.32 Å². The Morgan fingerprint density at radius 3 is 2.88 bits per heavy atom. The maximum atomic E-state index is 4.60. The predicted octanol–water partition coefficient (Wildman–Crippen LogP) is 2.28. The van der Waals surface area contributed by atoms with Crippen LogP contribution in [-0.4, -0.2) is 20.1 Å². The SMILES string of the molecule is CC(C)(C)NCc1nc(Cn2ccnc2)cs1. The van der Waals surface area contributed by atoms with Crippen LogP contribution in [0, 0.1) is 0 Å². The van der Waals surface area contributed by atoms with Gasteiger partial charge in [0.15, 0.2) is 0 Å². The van der Waals surface area contributed by atoms with Gasteiger partial charge in [0.1, 0.15) is 5.01 Å². The Labute approximate surface area is 106 Å². The van der Waals surface area contributed by atoms with E-state index >= 15 is 0 Å². The van der Waals surface area contributed by atoms with E-state index in [1.807, 2.05) is 17.1 Å². The second kappa shape index (κ2) is 4.98. The zero-order chi connectivity index (χ0) is 12.3. The summed E-state index contributed by atoms with van der Waals surface area (Å²) in [5, 5.41) is 6.68. The third kappa shape index (κ3) is 3.94. The van der Waals surface area contributed by atoms with Crippen molar-refractivity contribution >= 4 is 11.3 Å². The van der Waals surface area contributed by atoms with E-state index in [-0.39, 0.29) is 5.54 Å². The Balaban J connectivity index is 1.92. The summed E-state index contributed by atoms with van der Waals surface area (Å²) in [6.07, 6.45) is 5.55. The van der Waals surface area contributed by atoms with Crippen LogP contribution in [0.5, 0.6) is 0 Å². The summed E-state index contributed by atoms with van der Waals surface area (Å²) < 4.78 is 2.02. The van der Waals surface area contributed by atoms with Gasteiger partial charge in [-0.05, 0) is 20.8 Å². The molecule has 0 atom stereocenters. The minimum absolute atomic E-state index is 0.135. The first-order valence-electron chi connectivity index (χ1n) is 5.67. The summed E-state index contributed by atoms with van der Waals surface area (Å²) in [7, 11) is 0. The van der Waals surface area contributed by atoms with Crippen LogP contribution in [0.15, 0.2) is 24.1 Å². The van der Waals surface area contributed by atoms with E-state index in [4.69, 9.17) is 0 Å². The summed E-state index contributed by atoms with van der Waals surface area (Å²) in [5.74, 6) is 0. The first-order chi connectivity index (χ1) is 8.03. The molecule has 0 saturated heterocycles. The average Bonchev–Trinajstić information content (AvgIpc) is 2.86. The smallest absolute Gasteiger partial charge is 0.107 e. The number of aromatic nitrogens is 3. The van der Waals surface area contributed by atoms with E-state index in [0.717, 1.165) is 23.8 Å². The number of hydrogen-bond acceptors (Lipinski definition) is 4. The summed E-state index contributed by atoms with van der Waals surface area (Å²) in [4.78, 5) is 8.62. The van der Waals surface area contributed by atoms with Crippen molar-refractivity contribution < 1.29 is 0 Å². The lowest BCUT2D eigenvalue weighted by Crippen LogP contribution is -2.35. The third-order valence-electron chi connectivity index (χ3n) is 2.27. The minimum Gasteiger partial charge on any atom is -0.331 e. The molecule has 2 aromatic heterocycles. The monoisotopic (exact) mass is 250 g/mol. The summed E-state index contributed by atoms with van der Waals surface area (Å²) in [5.41, 5.74) is 1.23. The zero-order valence-electron chi connectivity index (χ0n) is 10.5. The Morgan fingerprint density at radius 1 is 1.41 bits per heavy atom. The van der Waals surface area contributed by atoms with Gasteiger partial charge < -0.3 is 9.88 Å². The minimum atomic E-state index is 0.135. The molecule has 0 saturated carbocycles. The van der Waals surface area contributed by atoms with Crippen LogP contribution in [0.25, 0.3) is 0 Å². The van der Waals surface area contributed by atoms with Crippen LogP contribution in [-0.2, 0) is 13.1 Å². The Hall–Kier alpha value is -1.20. The number of rotatable bonds is 4. The molecule has 4 nitrogen and oxygen atoms in total. The molecule has 0 aliphatic carbocycles. The van der Waals surface area contributed by atoms with E-state index < -0.39 is 0 Å². The van der Waals surface area contributed by atoms with Gasteiger partial charge in [-0.2, -0.15) is 0 Å². The maximum absolute atomic E-state index is 4.60. The molecule has 0 radical (unpaired) electrons. The van der Waals surface area contributed by atoms with Crippen molar-refractivity contribution in [1.82, 2.24) is 19.9 Å². The third-order valence-corrected chi connectivity index (χ3v) is 3.17. The Kier molecular flexibility index (Phi) is 3.59. The van der Waals surface area contributed by atoms with Crippen molar-refractivity contribution in [3.63, 3.8) is 0 Å². The highest BCUT2D eigenvalue weighted by Crippen LogP contribution is 2.12. The van der Waals surface area contributed by atoms with Gasteiger partial charge in [0, 0.05) is 29.9 Å². The maximum Gasteiger partial charge on any atom is 0.107 e. The molecule has 0 fully saturated rings. The number of imidazole rings is 1. The van der Waals surface area contributed by atoms with Gasteiger partial charge in [-0.1, -0.05) is 0 Å². The zero-order valence-corrected chi connectivity index (χ0v) is 11.3. The van der Waals surface area contributed by atoms with Gasteiger partial charge in [-0.15, -0.1) is 11.3 Å².